The topological polar surface area (TPSA) is 18.5 Å². The van der Waals surface area contributed by atoms with Gasteiger partial charge in [0, 0.05) is 30.7 Å². The number of hydrogen-bond donors (Lipinski definition) is 1. The molecule has 3 fully saturated rings. The average molecular weight is 279 g/mol. The predicted molar refractivity (Wildman–Crippen MR) is 85.1 cm³/mol. The highest BCUT2D eigenvalue weighted by molar-refractivity contribution is 4.96. The molecular formula is C17H33N3. The minimum Gasteiger partial charge on any atom is -0.313 e. The van der Waals surface area contributed by atoms with Crippen LogP contribution in [0.5, 0.6) is 0 Å². The molecule has 116 valence electrons. The zero-order valence-corrected chi connectivity index (χ0v) is 13.5. The first-order chi connectivity index (χ1) is 9.78. The van der Waals surface area contributed by atoms with Gasteiger partial charge in [0.1, 0.15) is 0 Å². The molecule has 0 aromatic heterocycles. The minimum atomic E-state index is 0.753. The van der Waals surface area contributed by atoms with Crippen LogP contribution in [0.15, 0.2) is 0 Å². The van der Waals surface area contributed by atoms with Crippen LogP contribution in [0.1, 0.15) is 58.3 Å². The number of piperidine rings is 3. The summed E-state index contributed by atoms with van der Waals surface area (Å²) in [5, 5.41) is 3.75. The van der Waals surface area contributed by atoms with Crippen molar-refractivity contribution in [2.75, 3.05) is 26.7 Å². The number of likely N-dealkylation sites (tertiary alicyclic amines) is 1. The quantitative estimate of drug-likeness (QED) is 0.853. The van der Waals surface area contributed by atoms with Gasteiger partial charge in [-0.05, 0) is 65.1 Å². The summed E-state index contributed by atoms with van der Waals surface area (Å²) in [6, 6.07) is 3.36. The summed E-state index contributed by atoms with van der Waals surface area (Å²) in [5.74, 6) is 0. The molecule has 3 atom stereocenters. The number of nitrogens with zero attached hydrogens (tertiary/aromatic N) is 2. The van der Waals surface area contributed by atoms with E-state index in [1.54, 1.807) is 0 Å². The maximum atomic E-state index is 3.75. The van der Waals surface area contributed by atoms with E-state index in [2.05, 4.69) is 29.1 Å². The first-order valence-corrected chi connectivity index (χ1v) is 8.97. The van der Waals surface area contributed by atoms with Crippen molar-refractivity contribution in [2.24, 2.45) is 0 Å². The molecule has 1 N–H and O–H groups in total. The molecule has 0 amide bonds. The van der Waals surface area contributed by atoms with Crippen molar-refractivity contribution >= 4 is 0 Å². The van der Waals surface area contributed by atoms with Gasteiger partial charge in [-0.3, -0.25) is 4.90 Å². The molecular weight excluding hydrogens is 246 g/mol. The van der Waals surface area contributed by atoms with Gasteiger partial charge in [0.15, 0.2) is 0 Å². The molecule has 3 rings (SSSR count). The normalized spacial score (nSPS) is 39.9. The molecule has 2 bridgehead atoms. The van der Waals surface area contributed by atoms with E-state index in [-0.39, 0.29) is 0 Å². The minimum absolute atomic E-state index is 0.753. The highest BCUT2D eigenvalue weighted by Crippen LogP contribution is 2.35. The highest BCUT2D eigenvalue weighted by atomic mass is 15.2. The smallest absolute Gasteiger partial charge is 0.0195 e. The van der Waals surface area contributed by atoms with Crippen LogP contribution in [-0.4, -0.2) is 60.6 Å². The third-order valence-corrected chi connectivity index (χ3v) is 5.97. The summed E-state index contributed by atoms with van der Waals surface area (Å²) >= 11 is 0. The lowest BCUT2D eigenvalue weighted by atomic mass is 9.81. The summed E-state index contributed by atoms with van der Waals surface area (Å²) in [4.78, 5) is 5.52. The van der Waals surface area contributed by atoms with Crippen LogP contribution < -0.4 is 5.32 Å². The standard InChI is InChI=1S/C17H33N3/c1-3-9-18-14-6-5-10-20(13-14)17-11-15-7-4-8-16(12-17)19(15)2/h14-18H,3-13H2,1-2H3. The lowest BCUT2D eigenvalue weighted by Gasteiger charge is -2.51. The second-order valence-corrected chi connectivity index (χ2v) is 7.32. The fraction of sp³-hybridized carbons (Fsp3) is 1.00. The number of hydrogen-bond acceptors (Lipinski definition) is 3. The van der Waals surface area contributed by atoms with E-state index in [0.29, 0.717) is 0 Å². The number of nitrogens with one attached hydrogen (secondary N) is 1. The molecule has 3 aliphatic rings. The average Bonchev–Trinajstić information content (AvgIpc) is 2.45. The summed E-state index contributed by atoms with van der Waals surface area (Å²) in [6.07, 6.45) is 11.2. The molecule has 3 heterocycles. The van der Waals surface area contributed by atoms with E-state index in [0.717, 1.165) is 24.2 Å². The Labute approximate surface area is 125 Å². The van der Waals surface area contributed by atoms with Crippen LogP contribution in [0.2, 0.25) is 0 Å². The van der Waals surface area contributed by atoms with Gasteiger partial charge in [-0.1, -0.05) is 13.3 Å². The van der Waals surface area contributed by atoms with Crippen molar-refractivity contribution in [3.8, 4) is 0 Å². The van der Waals surface area contributed by atoms with Crippen LogP contribution in [0.4, 0.5) is 0 Å². The van der Waals surface area contributed by atoms with Gasteiger partial charge in [-0.15, -0.1) is 0 Å². The molecule has 0 radical (unpaired) electrons. The monoisotopic (exact) mass is 279 g/mol. The van der Waals surface area contributed by atoms with Crippen LogP contribution in [0, 0.1) is 0 Å². The van der Waals surface area contributed by atoms with E-state index >= 15 is 0 Å². The van der Waals surface area contributed by atoms with Crippen molar-refractivity contribution in [1.29, 1.82) is 0 Å². The van der Waals surface area contributed by atoms with Gasteiger partial charge < -0.3 is 10.2 Å². The van der Waals surface area contributed by atoms with Crippen LogP contribution in [-0.2, 0) is 0 Å². The van der Waals surface area contributed by atoms with Crippen molar-refractivity contribution in [3.05, 3.63) is 0 Å². The molecule has 0 aromatic carbocycles. The molecule has 20 heavy (non-hydrogen) atoms. The predicted octanol–water partition coefficient (Wildman–Crippen LogP) is 2.47. The van der Waals surface area contributed by atoms with E-state index in [9.17, 15) is 0 Å². The van der Waals surface area contributed by atoms with Crippen LogP contribution >= 0.6 is 0 Å². The largest absolute Gasteiger partial charge is 0.313 e. The van der Waals surface area contributed by atoms with E-state index < -0.39 is 0 Å². The maximum absolute atomic E-state index is 3.75. The van der Waals surface area contributed by atoms with Gasteiger partial charge in [0.25, 0.3) is 0 Å². The zero-order valence-electron chi connectivity index (χ0n) is 13.5. The molecule has 3 heteroatoms. The van der Waals surface area contributed by atoms with E-state index in [1.807, 2.05) is 0 Å². The summed E-state index contributed by atoms with van der Waals surface area (Å²) in [7, 11) is 2.37. The zero-order chi connectivity index (χ0) is 13.9. The molecule has 0 aromatic rings. The van der Waals surface area contributed by atoms with Gasteiger partial charge in [-0.2, -0.15) is 0 Å². The molecule has 3 saturated heterocycles. The van der Waals surface area contributed by atoms with Gasteiger partial charge >= 0.3 is 0 Å². The lowest BCUT2D eigenvalue weighted by molar-refractivity contribution is -0.000658. The first kappa shape index (κ1) is 14.8. The molecule has 0 spiro atoms. The molecule has 3 unspecified atom stereocenters. The van der Waals surface area contributed by atoms with E-state index in [4.69, 9.17) is 0 Å². The summed E-state index contributed by atoms with van der Waals surface area (Å²) < 4.78 is 0. The Morgan fingerprint density at radius 1 is 1.00 bits per heavy atom. The Morgan fingerprint density at radius 3 is 2.45 bits per heavy atom. The fourth-order valence-corrected chi connectivity index (χ4v) is 4.74. The fourth-order valence-electron chi connectivity index (χ4n) is 4.74. The van der Waals surface area contributed by atoms with Crippen molar-refractivity contribution in [1.82, 2.24) is 15.1 Å². The lowest BCUT2D eigenvalue weighted by Crippen LogP contribution is -2.58. The third-order valence-electron chi connectivity index (χ3n) is 5.97. The Kier molecular flexibility index (Phi) is 5.00. The second kappa shape index (κ2) is 6.76. The Bertz CT molecular complexity index is 293. The Balaban J connectivity index is 1.56. The molecule has 0 saturated carbocycles. The van der Waals surface area contributed by atoms with E-state index in [1.165, 1.54) is 71.0 Å². The van der Waals surface area contributed by atoms with Gasteiger partial charge in [-0.25, -0.2) is 0 Å². The van der Waals surface area contributed by atoms with Crippen LogP contribution in [0.25, 0.3) is 0 Å². The highest BCUT2D eigenvalue weighted by Gasteiger charge is 2.38. The summed E-state index contributed by atoms with van der Waals surface area (Å²) in [6.45, 7) is 6.11. The molecule has 3 aliphatic heterocycles. The van der Waals surface area contributed by atoms with Crippen molar-refractivity contribution in [3.63, 3.8) is 0 Å². The first-order valence-electron chi connectivity index (χ1n) is 8.97. The second-order valence-electron chi connectivity index (χ2n) is 7.32. The Morgan fingerprint density at radius 2 is 1.75 bits per heavy atom. The van der Waals surface area contributed by atoms with Crippen molar-refractivity contribution < 1.29 is 0 Å². The van der Waals surface area contributed by atoms with Gasteiger partial charge in [0.05, 0.1) is 0 Å². The SMILES string of the molecule is CCCNC1CCCN(C2CC3CCCC(C2)N3C)C1. The third kappa shape index (κ3) is 3.20. The Hall–Kier alpha value is -0.120. The van der Waals surface area contributed by atoms with Crippen LogP contribution in [0.3, 0.4) is 0 Å². The molecule has 0 aliphatic carbocycles. The maximum Gasteiger partial charge on any atom is 0.0195 e. The van der Waals surface area contributed by atoms with Crippen molar-refractivity contribution in [2.45, 2.75) is 82.5 Å². The summed E-state index contributed by atoms with van der Waals surface area (Å²) in [5.41, 5.74) is 0. The van der Waals surface area contributed by atoms with Gasteiger partial charge in [0.2, 0.25) is 0 Å². The number of rotatable bonds is 4. The number of fused-ring (bicyclic) bond motifs is 2. The molecule has 3 nitrogen and oxygen atoms in total.